The van der Waals surface area contributed by atoms with Crippen molar-refractivity contribution < 1.29 is 0 Å². The first-order valence-corrected chi connectivity index (χ1v) is 9.44. The molecule has 1 aromatic rings. The first kappa shape index (κ1) is 19.6. The van der Waals surface area contributed by atoms with Crippen molar-refractivity contribution in [3.63, 3.8) is 0 Å². The van der Waals surface area contributed by atoms with Crippen LogP contribution < -0.4 is 5.73 Å². The molecule has 1 saturated heterocycles. The number of allylic oxidation sites excluding steroid dienone is 2. The third kappa shape index (κ3) is 5.11. The van der Waals surface area contributed by atoms with E-state index in [0.717, 1.165) is 23.7 Å². The zero-order valence-corrected chi connectivity index (χ0v) is 16.2. The summed E-state index contributed by atoms with van der Waals surface area (Å²) in [5.74, 6) is 0. The summed E-state index contributed by atoms with van der Waals surface area (Å²) in [6.45, 7) is 8.47. The number of rotatable bonds is 5. The molecule has 1 atom stereocenters. The minimum absolute atomic E-state index is 0.505. The SMILES string of the molecule is CC/C(C#N)=C(N)/C=C/c1cc(C)c(CN2CCCC[C@H]2C)cc1Cl. The van der Waals surface area contributed by atoms with E-state index in [4.69, 9.17) is 22.6 Å². The van der Waals surface area contributed by atoms with Crippen molar-refractivity contribution in [2.45, 2.75) is 59.0 Å². The van der Waals surface area contributed by atoms with E-state index in [1.807, 2.05) is 13.0 Å². The standard InChI is InChI=1S/C21H28ClN3/c1-4-17(13-23)21(24)9-8-18-11-15(2)19(12-20(18)22)14-25-10-6-5-7-16(25)3/h8-9,11-12,16H,4-7,10,14,24H2,1-3H3/b9-8+,21-17+/t16-/m1/s1. The van der Waals surface area contributed by atoms with Crippen LogP contribution in [0.3, 0.4) is 0 Å². The Balaban J connectivity index is 2.20. The van der Waals surface area contributed by atoms with Crippen molar-refractivity contribution in [2.75, 3.05) is 6.54 Å². The molecule has 0 saturated carbocycles. The lowest BCUT2D eigenvalue weighted by molar-refractivity contribution is 0.152. The lowest BCUT2D eigenvalue weighted by Gasteiger charge is -2.33. The number of hydrogen-bond donors (Lipinski definition) is 1. The third-order valence-corrected chi connectivity index (χ3v) is 5.38. The summed E-state index contributed by atoms with van der Waals surface area (Å²) in [4.78, 5) is 2.54. The van der Waals surface area contributed by atoms with Crippen LogP contribution in [0.4, 0.5) is 0 Å². The van der Waals surface area contributed by atoms with E-state index in [2.05, 4.69) is 36.9 Å². The highest BCUT2D eigenvalue weighted by molar-refractivity contribution is 6.32. The minimum atomic E-state index is 0.505. The second kappa shape index (κ2) is 9.08. The van der Waals surface area contributed by atoms with E-state index in [1.165, 1.54) is 30.4 Å². The predicted octanol–water partition coefficient (Wildman–Crippen LogP) is 5.18. The third-order valence-electron chi connectivity index (χ3n) is 5.05. The van der Waals surface area contributed by atoms with E-state index in [1.54, 1.807) is 6.08 Å². The molecule has 0 aliphatic carbocycles. The molecule has 134 valence electrons. The number of hydrogen-bond acceptors (Lipinski definition) is 3. The van der Waals surface area contributed by atoms with Crippen LogP contribution in [0.1, 0.15) is 56.2 Å². The van der Waals surface area contributed by atoms with Gasteiger partial charge in [-0.1, -0.05) is 37.1 Å². The Morgan fingerprint density at radius 3 is 2.84 bits per heavy atom. The van der Waals surface area contributed by atoms with Gasteiger partial charge < -0.3 is 5.73 Å². The number of piperidine rings is 1. The molecule has 25 heavy (non-hydrogen) atoms. The Bertz CT molecular complexity index is 713. The molecule has 0 bridgehead atoms. The van der Waals surface area contributed by atoms with Crippen LogP contribution in [-0.4, -0.2) is 17.5 Å². The summed E-state index contributed by atoms with van der Waals surface area (Å²) >= 11 is 6.49. The van der Waals surface area contributed by atoms with Crippen LogP contribution in [0.25, 0.3) is 6.08 Å². The number of nitrogens with two attached hydrogens (primary N) is 1. The van der Waals surface area contributed by atoms with Gasteiger partial charge in [0, 0.05) is 23.3 Å². The molecule has 0 aromatic heterocycles. The number of nitrogens with zero attached hydrogens (tertiary/aromatic N) is 2. The van der Waals surface area contributed by atoms with Gasteiger partial charge in [0.05, 0.1) is 11.6 Å². The van der Waals surface area contributed by atoms with Crippen molar-refractivity contribution in [1.82, 2.24) is 4.90 Å². The van der Waals surface area contributed by atoms with Gasteiger partial charge in [0.25, 0.3) is 0 Å². The summed E-state index contributed by atoms with van der Waals surface area (Å²) in [6.07, 6.45) is 8.19. The second-order valence-electron chi connectivity index (χ2n) is 6.85. The molecule has 1 aliphatic heterocycles. The monoisotopic (exact) mass is 357 g/mol. The van der Waals surface area contributed by atoms with Crippen molar-refractivity contribution >= 4 is 17.7 Å². The van der Waals surface area contributed by atoms with Crippen LogP contribution in [0.5, 0.6) is 0 Å². The van der Waals surface area contributed by atoms with Crippen molar-refractivity contribution in [3.05, 3.63) is 51.2 Å². The number of aryl methyl sites for hydroxylation is 1. The van der Waals surface area contributed by atoms with Gasteiger partial charge in [-0.25, -0.2) is 0 Å². The largest absolute Gasteiger partial charge is 0.398 e. The number of halogens is 1. The topological polar surface area (TPSA) is 53.1 Å². The zero-order valence-electron chi connectivity index (χ0n) is 15.5. The highest BCUT2D eigenvalue weighted by Gasteiger charge is 2.19. The van der Waals surface area contributed by atoms with Gasteiger partial charge in [-0.15, -0.1) is 0 Å². The van der Waals surface area contributed by atoms with E-state index in [0.29, 0.717) is 23.7 Å². The summed E-state index contributed by atoms with van der Waals surface area (Å²) < 4.78 is 0. The van der Waals surface area contributed by atoms with Crippen molar-refractivity contribution in [3.8, 4) is 6.07 Å². The fraction of sp³-hybridized carbons (Fsp3) is 0.476. The minimum Gasteiger partial charge on any atom is -0.398 e. The highest BCUT2D eigenvalue weighted by atomic mass is 35.5. The van der Waals surface area contributed by atoms with Gasteiger partial charge in [0.1, 0.15) is 0 Å². The van der Waals surface area contributed by atoms with Gasteiger partial charge in [-0.2, -0.15) is 5.26 Å². The molecule has 1 fully saturated rings. The molecule has 2 rings (SSSR count). The van der Waals surface area contributed by atoms with Crippen LogP contribution in [0.15, 0.2) is 29.5 Å². The van der Waals surface area contributed by atoms with Gasteiger partial charge in [0.2, 0.25) is 0 Å². The first-order valence-electron chi connectivity index (χ1n) is 9.06. The lowest BCUT2D eigenvalue weighted by Crippen LogP contribution is -2.36. The summed E-state index contributed by atoms with van der Waals surface area (Å²) in [7, 11) is 0. The number of nitriles is 1. The van der Waals surface area contributed by atoms with Crippen molar-refractivity contribution in [2.24, 2.45) is 5.73 Å². The molecular formula is C21H28ClN3. The van der Waals surface area contributed by atoms with Crippen LogP contribution in [-0.2, 0) is 6.54 Å². The van der Waals surface area contributed by atoms with E-state index in [9.17, 15) is 0 Å². The van der Waals surface area contributed by atoms with Crippen LogP contribution in [0, 0.1) is 18.3 Å². The Morgan fingerprint density at radius 2 is 2.20 bits per heavy atom. The Labute approximate surface area is 156 Å². The normalized spacial score (nSPS) is 19.7. The molecular weight excluding hydrogens is 330 g/mol. The molecule has 3 nitrogen and oxygen atoms in total. The zero-order chi connectivity index (χ0) is 18.4. The Hall–Kier alpha value is -1.76. The summed E-state index contributed by atoms with van der Waals surface area (Å²) in [5.41, 5.74) is 10.5. The van der Waals surface area contributed by atoms with E-state index < -0.39 is 0 Å². The maximum Gasteiger partial charge on any atom is 0.0968 e. The predicted molar refractivity (Wildman–Crippen MR) is 106 cm³/mol. The first-order chi connectivity index (χ1) is 12.0. The van der Waals surface area contributed by atoms with Crippen molar-refractivity contribution in [1.29, 1.82) is 5.26 Å². The van der Waals surface area contributed by atoms with Gasteiger partial charge in [-0.3, -0.25) is 4.90 Å². The summed E-state index contributed by atoms with van der Waals surface area (Å²) in [5, 5.41) is 9.78. The maximum atomic E-state index is 9.05. The Kier molecular flexibility index (Phi) is 7.11. The van der Waals surface area contributed by atoms with Crippen LogP contribution >= 0.6 is 11.6 Å². The average Bonchev–Trinajstić information content (AvgIpc) is 2.59. The fourth-order valence-corrected chi connectivity index (χ4v) is 3.53. The Morgan fingerprint density at radius 1 is 1.44 bits per heavy atom. The molecule has 0 radical (unpaired) electrons. The highest BCUT2D eigenvalue weighted by Crippen LogP contribution is 2.26. The van der Waals surface area contributed by atoms with Crippen LogP contribution in [0.2, 0.25) is 5.02 Å². The lowest BCUT2D eigenvalue weighted by atomic mass is 10.00. The molecule has 0 amide bonds. The fourth-order valence-electron chi connectivity index (χ4n) is 3.28. The smallest absolute Gasteiger partial charge is 0.0968 e. The molecule has 1 aliphatic rings. The molecule has 0 unspecified atom stereocenters. The molecule has 1 heterocycles. The second-order valence-corrected chi connectivity index (χ2v) is 7.26. The molecule has 4 heteroatoms. The number of benzene rings is 1. The molecule has 0 spiro atoms. The average molecular weight is 358 g/mol. The van der Waals surface area contributed by atoms with E-state index in [-0.39, 0.29) is 0 Å². The van der Waals surface area contributed by atoms with Gasteiger partial charge in [-0.05, 0) is 68.5 Å². The van der Waals surface area contributed by atoms with Gasteiger partial charge in [0.15, 0.2) is 0 Å². The summed E-state index contributed by atoms with van der Waals surface area (Å²) in [6, 6.07) is 6.95. The quantitative estimate of drug-likeness (QED) is 0.583. The number of likely N-dealkylation sites (tertiary alicyclic amines) is 1. The van der Waals surface area contributed by atoms with Gasteiger partial charge >= 0.3 is 0 Å². The molecule has 2 N–H and O–H groups in total. The van der Waals surface area contributed by atoms with E-state index >= 15 is 0 Å². The molecule has 1 aromatic carbocycles. The maximum absolute atomic E-state index is 9.05.